The summed E-state index contributed by atoms with van der Waals surface area (Å²) in [6.07, 6.45) is 2.28. The highest BCUT2D eigenvalue weighted by atomic mass is 35.5. The summed E-state index contributed by atoms with van der Waals surface area (Å²) in [7, 11) is 0. The summed E-state index contributed by atoms with van der Waals surface area (Å²) in [4.78, 5) is 11.8. The quantitative estimate of drug-likeness (QED) is 0.392. The van der Waals surface area contributed by atoms with Crippen LogP contribution < -0.4 is 10.2 Å². The van der Waals surface area contributed by atoms with E-state index in [4.69, 9.17) is 39.5 Å². The van der Waals surface area contributed by atoms with Crippen molar-refractivity contribution in [2.75, 3.05) is 6.61 Å². The van der Waals surface area contributed by atoms with Crippen LogP contribution in [-0.2, 0) is 4.79 Å². The van der Waals surface area contributed by atoms with Crippen molar-refractivity contribution in [2.24, 2.45) is 5.10 Å². The van der Waals surface area contributed by atoms with Crippen LogP contribution in [-0.4, -0.2) is 18.7 Å². The first-order chi connectivity index (χ1) is 12.0. The van der Waals surface area contributed by atoms with Crippen LogP contribution in [0.5, 0.6) is 5.75 Å². The monoisotopic (exact) mass is 398 g/mol. The number of rotatable bonds is 7. The molecule has 0 unspecified atom stereocenters. The largest absolute Gasteiger partial charge is 0.493 e. The van der Waals surface area contributed by atoms with E-state index in [0.717, 1.165) is 11.3 Å². The van der Waals surface area contributed by atoms with Crippen molar-refractivity contribution in [2.45, 2.75) is 19.8 Å². The molecule has 0 aliphatic heterocycles. The second-order valence-corrected chi connectivity index (χ2v) is 6.54. The Kier molecular flexibility index (Phi) is 7.56. The summed E-state index contributed by atoms with van der Waals surface area (Å²) < 4.78 is 5.64. The number of nitrogens with zero attached hydrogens (tertiary/aromatic N) is 1. The molecular formula is C18H17Cl3N2O2. The molecule has 0 fully saturated rings. The molecule has 25 heavy (non-hydrogen) atoms. The highest BCUT2D eigenvalue weighted by Crippen LogP contribution is 2.22. The SMILES string of the molecule is Cc1cc(Cl)ccc1OCCCC(=O)N/N=C/c1c(Cl)cccc1Cl. The molecule has 0 saturated heterocycles. The van der Waals surface area contributed by atoms with Crippen LogP contribution in [0.15, 0.2) is 41.5 Å². The maximum absolute atomic E-state index is 11.8. The summed E-state index contributed by atoms with van der Waals surface area (Å²) in [6, 6.07) is 10.6. The molecule has 7 heteroatoms. The Labute approximate surface area is 161 Å². The third kappa shape index (κ3) is 6.24. The highest BCUT2D eigenvalue weighted by Gasteiger charge is 2.04. The lowest BCUT2D eigenvalue weighted by molar-refractivity contribution is -0.121. The van der Waals surface area contributed by atoms with E-state index in [1.807, 2.05) is 19.1 Å². The second kappa shape index (κ2) is 9.66. The number of amides is 1. The number of ether oxygens (including phenoxy) is 1. The zero-order valence-corrected chi connectivity index (χ0v) is 15.8. The minimum Gasteiger partial charge on any atom is -0.493 e. The summed E-state index contributed by atoms with van der Waals surface area (Å²) in [6.45, 7) is 2.35. The van der Waals surface area contributed by atoms with Gasteiger partial charge in [0.25, 0.3) is 0 Å². The maximum atomic E-state index is 11.8. The fraction of sp³-hybridized carbons (Fsp3) is 0.222. The number of benzene rings is 2. The van der Waals surface area contributed by atoms with E-state index in [9.17, 15) is 4.79 Å². The Bertz CT molecular complexity index is 759. The number of nitrogens with one attached hydrogen (secondary N) is 1. The van der Waals surface area contributed by atoms with Gasteiger partial charge in [0.1, 0.15) is 5.75 Å². The molecule has 4 nitrogen and oxygen atoms in total. The first-order valence-corrected chi connectivity index (χ1v) is 8.75. The Balaban J connectivity index is 1.73. The number of carbonyl (C=O) groups is 1. The Morgan fingerprint density at radius 3 is 2.60 bits per heavy atom. The van der Waals surface area contributed by atoms with Gasteiger partial charge in [-0.1, -0.05) is 40.9 Å². The molecule has 0 aromatic heterocycles. The van der Waals surface area contributed by atoms with Gasteiger partial charge in [0.2, 0.25) is 5.91 Å². The van der Waals surface area contributed by atoms with Crippen LogP contribution in [0.25, 0.3) is 0 Å². The summed E-state index contributed by atoms with van der Waals surface area (Å²) >= 11 is 17.9. The predicted molar refractivity (Wildman–Crippen MR) is 103 cm³/mol. The Morgan fingerprint density at radius 2 is 1.92 bits per heavy atom. The third-order valence-corrected chi connectivity index (χ3v) is 4.22. The van der Waals surface area contributed by atoms with Crippen molar-refractivity contribution >= 4 is 46.9 Å². The molecule has 0 spiro atoms. The molecule has 132 valence electrons. The molecule has 0 saturated carbocycles. The van der Waals surface area contributed by atoms with E-state index < -0.39 is 0 Å². The molecule has 1 amide bonds. The average Bonchev–Trinajstić information content (AvgIpc) is 2.56. The van der Waals surface area contributed by atoms with Gasteiger partial charge in [-0.2, -0.15) is 5.10 Å². The normalized spacial score (nSPS) is 10.9. The summed E-state index contributed by atoms with van der Waals surface area (Å²) in [5.74, 6) is 0.548. The van der Waals surface area contributed by atoms with Crippen LogP contribution in [0.3, 0.4) is 0 Å². The predicted octanol–water partition coefficient (Wildman–Crippen LogP) is 5.26. The third-order valence-electron chi connectivity index (χ3n) is 3.33. The van der Waals surface area contributed by atoms with Gasteiger partial charge >= 0.3 is 0 Å². The van der Waals surface area contributed by atoms with Crippen LogP contribution in [0.4, 0.5) is 0 Å². The number of hydrazone groups is 1. The fourth-order valence-corrected chi connectivity index (χ4v) is 2.77. The molecule has 2 rings (SSSR count). The smallest absolute Gasteiger partial charge is 0.240 e. The van der Waals surface area contributed by atoms with Gasteiger partial charge in [0.05, 0.1) is 22.9 Å². The van der Waals surface area contributed by atoms with Crippen molar-refractivity contribution in [1.82, 2.24) is 5.43 Å². The van der Waals surface area contributed by atoms with E-state index in [0.29, 0.717) is 40.1 Å². The van der Waals surface area contributed by atoms with E-state index in [-0.39, 0.29) is 5.91 Å². The van der Waals surface area contributed by atoms with Crippen LogP contribution in [0, 0.1) is 6.92 Å². The van der Waals surface area contributed by atoms with E-state index >= 15 is 0 Å². The molecule has 2 aromatic carbocycles. The van der Waals surface area contributed by atoms with Crippen molar-refractivity contribution in [3.05, 3.63) is 62.6 Å². The molecule has 0 radical (unpaired) electrons. The van der Waals surface area contributed by atoms with Crippen LogP contribution in [0.1, 0.15) is 24.0 Å². The summed E-state index contributed by atoms with van der Waals surface area (Å²) in [5, 5.41) is 5.48. The molecule has 0 bridgehead atoms. The van der Waals surface area contributed by atoms with Gasteiger partial charge in [-0.05, 0) is 49.2 Å². The minimum atomic E-state index is -0.212. The summed E-state index contributed by atoms with van der Waals surface area (Å²) in [5.41, 5.74) is 3.96. The second-order valence-electron chi connectivity index (χ2n) is 5.29. The molecular weight excluding hydrogens is 383 g/mol. The Morgan fingerprint density at radius 1 is 1.20 bits per heavy atom. The molecule has 2 aromatic rings. The maximum Gasteiger partial charge on any atom is 0.240 e. The van der Waals surface area contributed by atoms with Gasteiger partial charge in [-0.15, -0.1) is 0 Å². The van der Waals surface area contributed by atoms with E-state index in [2.05, 4.69) is 10.5 Å². The lowest BCUT2D eigenvalue weighted by Gasteiger charge is -2.08. The zero-order chi connectivity index (χ0) is 18.2. The fourth-order valence-electron chi connectivity index (χ4n) is 2.05. The van der Waals surface area contributed by atoms with E-state index in [1.165, 1.54) is 6.21 Å². The van der Waals surface area contributed by atoms with Crippen molar-refractivity contribution in [3.63, 3.8) is 0 Å². The topological polar surface area (TPSA) is 50.7 Å². The van der Waals surface area contributed by atoms with Gasteiger partial charge < -0.3 is 4.74 Å². The van der Waals surface area contributed by atoms with Crippen LogP contribution >= 0.6 is 34.8 Å². The molecule has 0 heterocycles. The first kappa shape index (κ1) is 19.6. The van der Waals surface area contributed by atoms with Crippen molar-refractivity contribution in [3.8, 4) is 5.75 Å². The lowest BCUT2D eigenvalue weighted by atomic mass is 10.2. The average molecular weight is 400 g/mol. The number of carbonyl (C=O) groups excluding carboxylic acids is 1. The highest BCUT2D eigenvalue weighted by molar-refractivity contribution is 6.38. The van der Waals surface area contributed by atoms with E-state index in [1.54, 1.807) is 24.3 Å². The standard InChI is InChI=1S/C18H17Cl3N2O2/c1-12-10-13(19)7-8-17(12)25-9-3-6-18(24)23-22-11-14-15(20)4-2-5-16(14)21/h2,4-5,7-8,10-11H,3,6,9H2,1H3,(H,23,24)/b22-11+. The van der Waals surface area contributed by atoms with Gasteiger partial charge in [0.15, 0.2) is 0 Å². The first-order valence-electron chi connectivity index (χ1n) is 7.62. The van der Waals surface area contributed by atoms with Gasteiger partial charge in [0, 0.05) is 17.0 Å². The van der Waals surface area contributed by atoms with Crippen molar-refractivity contribution < 1.29 is 9.53 Å². The zero-order valence-electron chi connectivity index (χ0n) is 13.6. The molecule has 0 aliphatic rings. The molecule has 0 atom stereocenters. The Hall–Kier alpha value is -1.75. The molecule has 0 aliphatic carbocycles. The van der Waals surface area contributed by atoms with Gasteiger partial charge in [-0.25, -0.2) is 5.43 Å². The van der Waals surface area contributed by atoms with Crippen LogP contribution in [0.2, 0.25) is 15.1 Å². The number of hydrogen-bond donors (Lipinski definition) is 1. The van der Waals surface area contributed by atoms with Crippen molar-refractivity contribution in [1.29, 1.82) is 0 Å². The minimum absolute atomic E-state index is 0.212. The molecule has 1 N–H and O–H groups in total. The van der Waals surface area contributed by atoms with Gasteiger partial charge in [-0.3, -0.25) is 4.79 Å². The number of halogens is 3. The lowest BCUT2D eigenvalue weighted by Crippen LogP contribution is -2.18. The number of hydrogen-bond acceptors (Lipinski definition) is 3. The number of aryl methyl sites for hydroxylation is 1.